The van der Waals surface area contributed by atoms with E-state index in [0.717, 1.165) is 0 Å². The highest BCUT2D eigenvalue weighted by atomic mass is 19.1. The number of carbonyl (C=O) groups is 2. The van der Waals surface area contributed by atoms with Gasteiger partial charge < -0.3 is 18.9 Å². The smallest absolute Gasteiger partial charge is 0.189 e. The number of para-hydroxylation sites is 2. The van der Waals surface area contributed by atoms with E-state index >= 15 is 0 Å². The lowest BCUT2D eigenvalue weighted by molar-refractivity contribution is -0.116. The van der Waals surface area contributed by atoms with Crippen LogP contribution in [0.1, 0.15) is 16.7 Å². The van der Waals surface area contributed by atoms with Crippen LogP contribution in [0, 0.1) is 5.82 Å². The Morgan fingerprint density at radius 1 is 0.649 bits per heavy atom. The molecule has 37 heavy (non-hydrogen) atoms. The van der Waals surface area contributed by atoms with E-state index in [-0.39, 0.29) is 5.57 Å². The molecule has 3 rings (SSSR count). The average Bonchev–Trinajstić information content (AvgIpc) is 2.93. The van der Waals surface area contributed by atoms with Gasteiger partial charge in [0.2, 0.25) is 0 Å². The van der Waals surface area contributed by atoms with Gasteiger partial charge in [-0.3, -0.25) is 9.59 Å². The summed E-state index contributed by atoms with van der Waals surface area (Å²) < 4.78 is 34.8. The first kappa shape index (κ1) is 26.9. The first-order valence-corrected chi connectivity index (χ1v) is 11.3. The van der Waals surface area contributed by atoms with Gasteiger partial charge in [-0.15, -0.1) is 0 Å². The van der Waals surface area contributed by atoms with Crippen molar-refractivity contribution < 1.29 is 32.9 Å². The van der Waals surface area contributed by atoms with Crippen LogP contribution in [0.5, 0.6) is 23.0 Å². The summed E-state index contributed by atoms with van der Waals surface area (Å²) in [5.74, 6) is 0.411. The van der Waals surface area contributed by atoms with Crippen molar-refractivity contribution in [2.45, 2.75) is 0 Å². The summed E-state index contributed by atoms with van der Waals surface area (Å²) in [6, 6.07) is 16.0. The fourth-order valence-corrected chi connectivity index (χ4v) is 3.59. The third kappa shape index (κ3) is 6.73. The second-order valence-electron chi connectivity index (χ2n) is 7.67. The zero-order valence-electron chi connectivity index (χ0n) is 21.0. The van der Waals surface area contributed by atoms with Crippen LogP contribution in [0.4, 0.5) is 4.39 Å². The highest BCUT2D eigenvalue weighted by Gasteiger charge is 2.16. The normalized spacial score (nSPS) is 10.8. The number of halogens is 1. The van der Waals surface area contributed by atoms with Crippen LogP contribution in [0.2, 0.25) is 0 Å². The molecule has 7 heteroatoms. The van der Waals surface area contributed by atoms with Crippen LogP contribution in [-0.4, -0.2) is 40.0 Å². The number of ketones is 2. The molecule has 190 valence electrons. The predicted molar refractivity (Wildman–Crippen MR) is 142 cm³/mol. The van der Waals surface area contributed by atoms with E-state index in [4.69, 9.17) is 18.9 Å². The number of benzene rings is 3. The number of carbonyl (C=O) groups excluding carboxylic acids is 2. The molecule has 0 bridgehead atoms. The van der Waals surface area contributed by atoms with Crippen molar-refractivity contribution in [2.24, 2.45) is 0 Å². The van der Waals surface area contributed by atoms with Crippen LogP contribution in [0.3, 0.4) is 0 Å². The molecule has 3 aromatic rings. The summed E-state index contributed by atoms with van der Waals surface area (Å²) in [6.07, 6.45) is 7.08. The molecule has 0 amide bonds. The predicted octanol–water partition coefficient (Wildman–Crippen LogP) is 5.81. The minimum absolute atomic E-state index is 0.108. The molecule has 0 spiro atoms. The van der Waals surface area contributed by atoms with E-state index in [1.54, 1.807) is 48.6 Å². The Hall–Kier alpha value is -4.65. The third-order valence-electron chi connectivity index (χ3n) is 5.41. The summed E-state index contributed by atoms with van der Waals surface area (Å²) in [5, 5.41) is 0. The summed E-state index contributed by atoms with van der Waals surface area (Å²) in [6.45, 7) is 0. The molecule has 0 saturated carbocycles. The maximum absolute atomic E-state index is 13.4. The molecule has 3 aromatic carbocycles. The van der Waals surface area contributed by atoms with E-state index in [1.807, 2.05) is 0 Å². The van der Waals surface area contributed by atoms with E-state index in [2.05, 4.69) is 0 Å². The molecule has 0 N–H and O–H groups in total. The number of ether oxygens (including phenoxy) is 4. The average molecular weight is 503 g/mol. The van der Waals surface area contributed by atoms with Gasteiger partial charge in [0.15, 0.2) is 34.6 Å². The number of allylic oxidation sites excluding steroid dienone is 3. The molecule has 0 aliphatic carbocycles. The van der Waals surface area contributed by atoms with Crippen molar-refractivity contribution in [1.29, 1.82) is 0 Å². The molecule has 0 aliphatic rings. The summed E-state index contributed by atoms with van der Waals surface area (Å²) in [4.78, 5) is 26.4. The van der Waals surface area contributed by atoms with Gasteiger partial charge in [0, 0.05) is 11.1 Å². The zero-order valence-corrected chi connectivity index (χ0v) is 21.0. The molecule has 0 radical (unpaired) electrons. The zero-order chi connectivity index (χ0) is 26.8. The summed E-state index contributed by atoms with van der Waals surface area (Å²) in [5.41, 5.74) is 1.58. The minimum Gasteiger partial charge on any atom is -0.493 e. The Morgan fingerprint density at radius 3 is 1.51 bits per heavy atom. The molecule has 0 heterocycles. The van der Waals surface area contributed by atoms with Crippen molar-refractivity contribution in [3.8, 4) is 23.0 Å². The quantitative estimate of drug-likeness (QED) is 0.187. The van der Waals surface area contributed by atoms with E-state index < -0.39 is 17.4 Å². The van der Waals surface area contributed by atoms with Crippen molar-refractivity contribution >= 4 is 29.8 Å². The largest absolute Gasteiger partial charge is 0.493 e. The SMILES string of the molecule is COc1cccc(/C=C/C(=O)C(=Cc2ccc(F)cc2)C(=O)/C=C/c2cccc(OC)c2OC)c1OC. The second kappa shape index (κ2) is 12.9. The Kier molecular flexibility index (Phi) is 9.38. The van der Waals surface area contributed by atoms with Gasteiger partial charge in [-0.25, -0.2) is 4.39 Å². The summed E-state index contributed by atoms with van der Waals surface area (Å²) in [7, 11) is 6.03. The first-order chi connectivity index (χ1) is 17.9. The fraction of sp³-hybridized carbons (Fsp3) is 0.133. The van der Waals surface area contributed by atoms with Crippen molar-refractivity contribution in [3.63, 3.8) is 0 Å². The van der Waals surface area contributed by atoms with Crippen LogP contribution in [-0.2, 0) is 9.59 Å². The molecule has 0 aromatic heterocycles. The third-order valence-corrected chi connectivity index (χ3v) is 5.41. The maximum Gasteiger partial charge on any atom is 0.189 e. The van der Waals surface area contributed by atoms with Crippen molar-refractivity contribution in [1.82, 2.24) is 0 Å². The number of rotatable bonds is 11. The Morgan fingerprint density at radius 2 is 1.11 bits per heavy atom. The molecule has 0 aliphatic heterocycles. The number of hydrogen-bond acceptors (Lipinski definition) is 6. The van der Waals surface area contributed by atoms with Crippen molar-refractivity contribution in [2.75, 3.05) is 28.4 Å². The van der Waals surface area contributed by atoms with Gasteiger partial charge in [-0.1, -0.05) is 36.4 Å². The molecule has 0 atom stereocenters. The topological polar surface area (TPSA) is 71.1 Å². The molecular formula is C30H27FO6. The van der Waals surface area contributed by atoms with E-state index in [1.165, 1.54) is 70.9 Å². The van der Waals surface area contributed by atoms with E-state index in [0.29, 0.717) is 39.7 Å². The lowest BCUT2D eigenvalue weighted by Gasteiger charge is -2.10. The van der Waals surface area contributed by atoms with Gasteiger partial charge >= 0.3 is 0 Å². The molecule has 0 saturated heterocycles. The summed E-state index contributed by atoms with van der Waals surface area (Å²) >= 11 is 0. The maximum atomic E-state index is 13.4. The van der Waals surface area contributed by atoms with Gasteiger partial charge in [-0.05, 0) is 60.2 Å². The van der Waals surface area contributed by atoms with Crippen LogP contribution in [0.25, 0.3) is 18.2 Å². The molecule has 0 unspecified atom stereocenters. The van der Waals surface area contributed by atoms with Gasteiger partial charge in [0.05, 0.1) is 34.0 Å². The van der Waals surface area contributed by atoms with Gasteiger partial charge in [0.1, 0.15) is 5.82 Å². The number of hydrogen-bond donors (Lipinski definition) is 0. The highest BCUT2D eigenvalue weighted by molar-refractivity contribution is 6.31. The first-order valence-electron chi connectivity index (χ1n) is 11.3. The lowest BCUT2D eigenvalue weighted by atomic mass is 10.0. The van der Waals surface area contributed by atoms with Gasteiger partial charge in [0.25, 0.3) is 0 Å². The lowest BCUT2D eigenvalue weighted by Crippen LogP contribution is -2.08. The second-order valence-corrected chi connectivity index (χ2v) is 7.67. The van der Waals surface area contributed by atoms with Crippen LogP contribution < -0.4 is 18.9 Å². The Balaban J connectivity index is 1.98. The standard InChI is InChI=1S/C30H27FO6/c1-34-27-9-5-7-21(29(27)36-3)13-17-25(32)24(19-20-11-15-23(31)16-12-20)26(33)18-14-22-8-6-10-28(35-2)30(22)37-4/h5-19H,1-4H3/b17-13+,18-14+. The monoisotopic (exact) mass is 502 g/mol. The highest BCUT2D eigenvalue weighted by Crippen LogP contribution is 2.32. The molecular weight excluding hydrogens is 475 g/mol. The molecule has 6 nitrogen and oxygen atoms in total. The Bertz CT molecular complexity index is 1270. The Labute approximate surface area is 215 Å². The van der Waals surface area contributed by atoms with Crippen LogP contribution >= 0.6 is 0 Å². The number of methoxy groups -OCH3 is 4. The van der Waals surface area contributed by atoms with Crippen LogP contribution in [0.15, 0.2) is 78.4 Å². The molecule has 0 fully saturated rings. The van der Waals surface area contributed by atoms with Crippen molar-refractivity contribution in [3.05, 3.63) is 101 Å². The minimum atomic E-state index is -0.540. The van der Waals surface area contributed by atoms with E-state index in [9.17, 15) is 14.0 Å². The fourth-order valence-electron chi connectivity index (χ4n) is 3.59. The van der Waals surface area contributed by atoms with Gasteiger partial charge in [-0.2, -0.15) is 0 Å².